The third kappa shape index (κ3) is 8.79. The number of fused-ring (bicyclic) bond motifs is 2. The second kappa shape index (κ2) is 18.6. The molecular weight excluding hydrogens is 848 g/mol. The Morgan fingerprint density at radius 3 is 1.65 bits per heavy atom. The summed E-state index contributed by atoms with van der Waals surface area (Å²) in [5.74, 6) is -3.55. The molecule has 2 saturated heterocycles. The Morgan fingerprint density at radius 1 is 0.651 bits per heavy atom. The first-order chi connectivity index (χ1) is 29.3. The molecule has 63 heavy (non-hydrogen) atoms. The predicted molar refractivity (Wildman–Crippen MR) is 222 cm³/mol. The number of aromatic nitrogens is 8. The Labute approximate surface area is 379 Å². The standard InChI is InChI=1S/C23H20N6O5S.C17H16N6O3.Na.H2O/c24-18(30)16-12-7-13-28(16)20-17-21(27-19(26-20)14-8-3-1-4-9-14)29(22(25-17)23(31)32)35(33,34)15-10-5-2-6-11-15;18-12(24)10-7-4-8-23(10)16-11-14(21-15(19-11)17(25)26)20-13(22-16)9-5-2-1-3-6-9;;/h1-6,8-11,16H,7,12-13H2,(H2,24,30)(H,31,32);1-3,5-6,10H,4,7-8H2,(H2,18,24)(H,25,26)(H,19,20,21,22);;1H2/q;;+1;/p-1/t16-;10-;;/m00../s1. The molecule has 0 bridgehead atoms. The number of carboxylic acids is 2. The van der Waals surface area contributed by atoms with Crippen LogP contribution in [0.3, 0.4) is 0 Å². The monoisotopic (exact) mass is 884 g/mol. The SMILES string of the molecule is NC(=O)[C@@H]1CCCN1c1nc(-c2ccccc2)nc2c1nc(C(=O)O)n2S(=O)(=O)c1ccccc1.NC(=O)[C@@H]1CCCN1c1nc(-c2ccccc2)nc2nc(C(=O)O)[nH]c12.[Na+].[OH-]. The van der Waals surface area contributed by atoms with Gasteiger partial charge in [-0.3, -0.25) is 9.59 Å². The number of nitrogens with zero attached hydrogens (tertiary/aromatic N) is 9. The molecule has 21 nitrogen and oxygen atoms in total. The molecule has 0 spiro atoms. The number of amides is 2. The van der Waals surface area contributed by atoms with Gasteiger partial charge in [0.15, 0.2) is 40.1 Å². The van der Waals surface area contributed by atoms with Gasteiger partial charge < -0.3 is 41.9 Å². The van der Waals surface area contributed by atoms with E-state index in [4.69, 9.17) is 11.5 Å². The molecule has 2 aliphatic rings. The Kier molecular flexibility index (Phi) is 13.5. The van der Waals surface area contributed by atoms with Crippen molar-refractivity contribution in [2.24, 2.45) is 11.5 Å². The summed E-state index contributed by atoms with van der Waals surface area (Å²) in [6, 6.07) is 24.4. The summed E-state index contributed by atoms with van der Waals surface area (Å²) in [4.78, 5) is 79.7. The van der Waals surface area contributed by atoms with Gasteiger partial charge in [-0.2, -0.15) is 3.97 Å². The number of rotatable bonds is 10. The zero-order valence-electron chi connectivity index (χ0n) is 33.4. The molecule has 0 aliphatic carbocycles. The van der Waals surface area contributed by atoms with E-state index in [0.717, 1.165) is 12.0 Å². The largest absolute Gasteiger partial charge is 1.00 e. The summed E-state index contributed by atoms with van der Waals surface area (Å²) in [6.07, 6.45) is 2.55. The molecule has 0 radical (unpaired) electrons. The van der Waals surface area contributed by atoms with Crippen LogP contribution < -0.4 is 50.8 Å². The summed E-state index contributed by atoms with van der Waals surface area (Å²) in [5, 5.41) is 19.1. The van der Waals surface area contributed by atoms with E-state index < -0.39 is 51.7 Å². The molecule has 2 fully saturated rings. The summed E-state index contributed by atoms with van der Waals surface area (Å²) < 4.78 is 27.8. The second-order valence-corrected chi connectivity index (χ2v) is 15.9. The van der Waals surface area contributed by atoms with E-state index in [2.05, 4.69) is 34.9 Å². The maximum Gasteiger partial charge on any atom is 1.00 e. The summed E-state index contributed by atoms with van der Waals surface area (Å²) in [5.41, 5.74) is 12.9. The van der Waals surface area contributed by atoms with Crippen LogP contribution in [-0.2, 0) is 19.6 Å². The number of aromatic amines is 1. The molecule has 23 heteroatoms. The summed E-state index contributed by atoms with van der Waals surface area (Å²) in [6.45, 7) is 1.00. The number of carbonyl (C=O) groups excluding carboxylic acids is 2. The zero-order valence-corrected chi connectivity index (χ0v) is 36.3. The van der Waals surface area contributed by atoms with Crippen LogP contribution in [0.5, 0.6) is 0 Å². The van der Waals surface area contributed by atoms with E-state index in [1.807, 2.05) is 30.3 Å². The third-order valence-electron chi connectivity index (χ3n) is 10.2. The van der Waals surface area contributed by atoms with Gasteiger partial charge in [-0.15, -0.1) is 0 Å². The van der Waals surface area contributed by atoms with E-state index in [1.54, 1.807) is 46.2 Å². The van der Waals surface area contributed by atoms with Gasteiger partial charge >= 0.3 is 41.5 Å². The molecule has 2 atom stereocenters. The van der Waals surface area contributed by atoms with Gasteiger partial charge in [0, 0.05) is 24.2 Å². The predicted octanol–water partition coefficient (Wildman–Crippen LogP) is -0.118. The van der Waals surface area contributed by atoms with Crippen molar-refractivity contribution in [3.05, 3.63) is 103 Å². The van der Waals surface area contributed by atoms with Crippen LogP contribution >= 0.6 is 0 Å². The van der Waals surface area contributed by atoms with Gasteiger partial charge in [-0.1, -0.05) is 78.9 Å². The fourth-order valence-corrected chi connectivity index (χ4v) is 8.85. The van der Waals surface area contributed by atoms with Crippen LogP contribution in [0.2, 0.25) is 0 Å². The molecule has 4 aromatic heterocycles. The molecule has 0 saturated carbocycles. The molecule has 7 aromatic rings. The van der Waals surface area contributed by atoms with Crippen molar-refractivity contribution in [3.8, 4) is 22.8 Å². The van der Waals surface area contributed by atoms with Crippen molar-refractivity contribution in [3.63, 3.8) is 0 Å². The van der Waals surface area contributed by atoms with Gasteiger partial charge in [0.05, 0.1) is 4.90 Å². The number of hydrogen-bond donors (Lipinski definition) is 5. The number of anilines is 2. The van der Waals surface area contributed by atoms with E-state index in [9.17, 15) is 37.8 Å². The zero-order chi connectivity index (χ0) is 43.0. The molecule has 2 amide bonds. The Bertz CT molecular complexity index is 2960. The fraction of sp³-hybridized carbons (Fsp3) is 0.200. The van der Waals surface area contributed by atoms with Gasteiger partial charge in [0.1, 0.15) is 17.6 Å². The van der Waals surface area contributed by atoms with Crippen LogP contribution in [-0.4, -0.2) is 112 Å². The Balaban J connectivity index is 0.000000211. The van der Waals surface area contributed by atoms with Gasteiger partial charge in [-0.25, -0.2) is 47.9 Å². The van der Waals surface area contributed by atoms with Crippen LogP contribution in [0.15, 0.2) is 95.9 Å². The van der Waals surface area contributed by atoms with Crippen LogP contribution in [0.4, 0.5) is 11.6 Å². The van der Waals surface area contributed by atoms with Crippen molar-refractivity contribution in [1.29, 1.82) is 0 Å². The summed E-state index contributed by atoms with van der Waals surface area (Å²) in [7, 11) is -4.39. The van der Waals surface area contributed by atoms with Gasteiger partial charge in [0.2, 0.25) is 23.5 Å². The first-order valence-corrected chi connectivity index (χ1v) is 20.4. The van der Waals surface area contributed by atoms with Crippen LogP contribution in [0.25, 0.3) is 45.1 Å². The quantitative estimate of drug-likeness (QED) is 0.112. The van der Waals surface area contributed by atoms with Crippen molar-refractivity contribution in [2.75, 3.05) is 22.9 Å². The number of primary amides is 2. The minimum atomic E-state index is -4.39. The molecule has 8 N–H and O–H groups in total. The second-order valence-electron chi connectivity index (χ2n) is 14.1. The topological polar surface area (TPSA) is 329 Å². The van der Waals surface area contributed by atoms with E-state index in [-0.39, 0.29) is 74.2 Å². The van der Waals surface area contributed by atoms with E-state index in [0.29, 0.717) is 59.0 Å². The first-order valence-electron chi connectivity index (χ1n) is 18.9. The number of imidazole rings is 2. The molecule has 6 heterocycles. The molecular formula is C40H37N12NaO9S. The summed E-state index contributed by atoms with van der Waals surface area (Å²) >= 11 is 0. The maximum absolute atomic E-state index is 13.6. The molecule has 3 aromatic carbocycles. The number of hydrogen-bond acceptors (Lipinski definition) is 15. The number of aromatic carboxylic acids is 2. The molecule has 0 unspecified atom stereocenters. The Morgan fingerprint density at radius 2 is 1.14 bits per heavy atom. The number of H-pyrrole nitrogens is 1. The fourth-order valence-electron chi connectivity index (χ4n) is 7.44. The number of nitrogens with two attached hydrogens (primary N) is 2. The van der Waals surface area contributed by atoms with E-state index >= 15 is 0 Å². The normalized spacial score (nSPS) is 15.9. The van der Waals surface area contributed by atoms with E-state index in [1.165, 1.54) is 24.3 Å². The van der Waals surface area contributed by atoms with Gasteiger partial charge in [0.25, 0.3) is 10.0 Å². The number of carboxylic acid groups (broad SMARTS) is 2. The number of nitrogens with one attached hydrogen (secondary N) is 1. The number of benzene rings is 3. The van der Waals surface area contributed by atoms with Crippen LogP contribution in [0, 0.1) is 0 Å². The molecule has 9 rings (SSSR count). The average molecular weight is 885 g/mol. The molecule has 318 valence electrons. The average Bonchev–Trinajstić information content (AvgIpc) is 4.10. The van der Waals surface area contributed by atoms with Crippen molar-refractivity contribution in [2.45, 2.75) is 42.7 Å². The number of carbonyl (C=O) groups is 4. The minimum Gasteiger partial charge on any atom is -0.870 e. The Hall–Kier alpha value is -6.85. The maximum atomic E-state index is 13.6. The third-order valence-corrected chi connectivity index (χ3v) is 11.9. The van der Waals surface area contributed by atoms with Crippen molar-refractivity contribution < 1.29 is 72.8 Å². The van der Waals surface area contributed by atoms with Gasteiger partial charge in [-0.05, 0) is 37.8 Å². The smallest absolute Gasteiger partial charge is 0.870 e. The van der Waals surface area contributed by atoms with Crippen molar-refractivity contribution >= 4 is 67.7 Å². The van der Waals surface area contributed by atoms with Crippen molar-refractivity contribution in [1.82, 2.24) is 38.9 Å². The minimum absolute atomic E-state index is 0. The van der Waals surface area contributed by atoms with Crippen LogP contribution in [0.1, 0.15) is 46.9 Å². The first kappa shape index (κ1) is 45.7. The molecule has 2 aliphatic heterocycles.